The number of nitrogens with one attached hydrogen (secondary N) is 1. The van der Waals surface area contributed by atoms with E-state index in [2.05, 4.69) is 10.4 Å². The number of benzene rings is 1. The van der Waals surface area contributed by atoms with Crippen LogP contribution in [-0.2, 0) is 22.3 Å². The molecule has 8 nitrogen and oxygen atoms in total. The molecule has 0 bridgehead atoms. The smallest absolute Gasteiger partial charge is 0.390 e. The molecule has 190 valence electrons. The molecule has 1 aromatic carbocycles. The molecule has 3 heterocycles. The first-order valence-corrected chi connectivity index (χ1v) is 11.7. The van der Waals surface area contributed by atoms with Gasteiger partial charge in [0.25, 0.3) is 11.8 Å². The molecule has 2 N–H and O–H groups in total. The molecule has 2 aliphatic rings. The minimum atomic E-state index is -4.58. The van der Waals surface area contributed by atoms with Crippen molar-refractivity contribution in [1.82, 2.24) is 15.1 Å². The number of carbonyl (C=O) groups excluding carboxylic acids is 2. The van der Waals surface area contributed by atoms with Crippen LogP contribution in [0.25, 0.3) is 0 Å². The molecule has 2 atom stereocenters. The summed E-state index contributed by atoms with van der Waals surface area (Å²) in [5.74, 6) is -0.752. The highest BCUT2D eigenvalue weighted by Crippen LogP contribution is 2.40. The molecule has 4 rings (SSSR count). The number of ether oxygens (including phenoxy) is 1. The standard InChI is InChI=1S/C24H29F3N4O4/c1-3-30-22-20(19(13-32)29-31(22)17-7-9-35-10-8-17)14(2)11-18(23(30)34)28-21(33)15-5-4-6-16(12-15)24(25,26)27/h4-6,12,14,17-18,32H,3,7-11,13H2,1-2H3,(H,28,33)/t14-,18?/m0/s1. The number of rotatable bonds is 5. The second-order valence-electron chi connectivity index (χ2n) is 8.95. The first-order valence-electron chi connectivity index (χ1n) is 11.7. The lowest BCUT2D eigenvalue weighted by Gasteiger charge is -2.29. The predicted molar refractivity (Wildman–Crippen MR) is 121 cm³/mol. The van der Waals surface area contributed by atoms with E-state index in [1.54, 1.807) is 9.58 Å². The predicted octanol–water partition coefficient (Wildman–Crippen LogP) is 3.40. The molecule has 35 heavy (non-hydrogen) atoms. The number of carbonyl (C=O) groups is 2. The highest BCUT2D eigenvalue weighted by Gasteiger charge is 2.40. The van der Waals surface area contributed by atoms with Crippen LogP contribution < -0.4 is 10.2 Å². The van der Waals surface area contributed by atoms with Crippen molar-refractivity contribution in [3.05, 3.63) is 46.6 Å². The van der Waals surface area contributed by atoms with Gasteiger partial charge in [-0.3, -0.25) is 14.5 Å². The zero-order valence-electron chi connectivity index (χ0n) is 19.6. The van der Waals surface area contributed by atoms with Crippen molar-refractivity contribution in [2.75, 3.05) is 24.7 Å². The van der Waals surface area contributed by atoms with Gasteiger partial charge in [0.2, 0.25) is 0 Å². The Morgan fingerprint density at radius 3 is 2.63 bits per heavy atom. The average molecular weight is 495 g/mol. The van der Waals surface area contributed by atoms with Gasteiger partial charge in [-0.1, -0.05) is 13.0 Å². The molecular formula is C24H29F3N4O4. The van der Waals surface area contributed by atoms with Crippen LogP contribution in [-0.4, -0.2) is 52.5 Å². The van der Waals surface area contributed by atoms with Gasteiger partial charge in [-0.2, -0.15) is 18.3 Å². The highest BCUT2D eigenvalue weighted by atomic mass is 19.4. The Bertz CT molecular complexity index is 1090. The zero-order valence-corrected chi connectivity index (χ0v) is 19.6. The number of aliphatic hydroxyl groups is 1. The summed E-state index contributed by atoms with van der Waals surface area (Å²) in [7, 11) is 0. The van der Waals surface area contributed by atoms with Gasteiger partial charge in [0, 0.05) is 30.9 Å². The molecule has 0 aliphatic carbocycles. The van der Waals surface area contributed by atoms with Crippen molar-refractivity contribution in [3.8, 4) is 0 Å². The fourth-order valence-corrected chi connectivity index (χ4v) is 4.93. The van der Waals surface area contributed by atoms with Crippen LogP contribution in [0.2, 0.25) is 0 Å². The van der Waals surface area contributed by atoms with Crippen LogP contribution >= 0.6 is 0 Å². The Morgan fingerprint density at radius 1 is 1.29 bits per heavy atom. The van der Waals surface area contributed by atoms with Crippen molar-refractivity contribution in [3.63, 3.8) is 0 Å². The quantitative estimate of drug-likeness (QED) is 0.664. The minimum Gasteiger partial charge on any atom is -0.390 e. The van der Waals surface area contributed by atoms with Crippen LogP contribution in [0, 0.1) is 0 Å². The Kier molecular flexibility index (Phi) is 7.18. The summed E-state index contributed by atoms with van der Waals surface area (Å²) in [6.45, 7) is 4.84. The van der Waals surface area contributed by atoms with Gasteiger partial charge in [-0.05, 0) is 50.3 Å². The number of halogens is 3. The van der Waals surface area contributed by atoms with Crippen molar-refractivity contribution < 1.29 is 32.6 Å². The first kappa shape index (κ1) is 25.2. The number of aliphatic hydroxyl groups excluding tert-OH is 1. The van der Waals surface area contributed by atoms with Gasteiger partial charge in [0.15, 0.2) is 0 Å². The summed E-state index contributed by atoms with van der Waals surface area (Å²) in [6, 6.07) is 3.17. The molecule has 0 radical (unpaired) electrons. The summed E-state index contributed by atoms with van der Waals surface area (Å²) < 4.78 is 46.6. The van der Waals surface area contributed by atoms with Gasteiger partial charge in [-0.15, -0.1) is 0 Å². The van der Waals surface area contributed by atoms with E-state index < -0.39 is 23.7 Å². The summed E-state index contributed by atoms with van der Waals surface area (Å²) in [5, 5.41) is 17.3. The number of aromatic nitrogens is 2. The minimum absolute atomic E-state index is 0.00287. The highest BCUT2D eigenvalue weighted by molar-refractivity contribution is 6.03. The van der Waals surface area contributed by atoms with Crippen LogP contribution in [0.5, 0.6) is 0 Å². The lowest BCUT2D eigenvalue weighted by Crippen LogP contribution is -2.48. The van der Waals surface area contributed by atoms with E-state index in [1.165, 1.54) is 12.1 Å². The average Bonchev–Trinajstić information content (AvgIpc) is 3.19. The second-order valence-corrected chi connectivity index (χ2v) is 8.95. The molecule has 0 saturated carbocycles. The maximum absolute atomic E-state index is 13.6. The number of alkyl halides is 3. The number of hydrogen-bond acceptors (Lipinski definition) is 5. The van der Waals surface area contributed by atoms with Gasteiger partial charge in [0.05, 0.1) is 23.9 Å². The Hall–Kier alpha value is -2.92. The van der Waals surface area contributed by atoms with E-state index in [4.69, 9.17) is 4.74 Å². The van der Waals surface area contributed by atoms with Gasteiger partial charge < -0.3 is 15.2 Å². The van der Waals surface area contributed by atoms with Crippen molar-refractivity contribution >= 4 is 17.6 Å². The Balaban J connectivity index is 1.66. The summed E-state index contributed by atoms with van der Waals surface area (Å²) in [4.78, 5) is 28.0. The fraction of sp³-hybridized carbons (Fsp3) is 0.542. The molecule has 0 spiro atoms. The topological polar surface area (TPSA) is 96.7 Å². The van der Waals surface area contributed by atoms with Crippen LogP contribution in [0.3, 0.4) is 0 Å². The van der Waals surface area contributed by atoms with Crippen LogP contribution in [0.1, 0.15) is 72.2 Å². The Labute approximate surface area is 201 Å². The van der Waals surface area contributed by atoms with E-state index in [9.17, 15) is 27.9 Å². The van der Waals surface area contributed by atoms with Gasteiger partial charge >= 0.3 is 6.18 Å². The molecule has 1 fully saturated rings. The van der Waals surface area contributed by atoms with E-state index >= 15 is 0 Å². The maximum atomic E-state index is 13.6. The number of amides is 2. The van der Waals surface area contributed by atoms with Crippen molar-refractivity contribution in [1.29, 1.82) is 0 Å². The normalized spacial score (nSPS) is 21.5. The monoisotopic (exact) mass is 494 g/mol. The van der Waals surface area contributed by atoms with Crippen molar-refractivity contribution in [2.45, 2.75) is 63.9 Å². The molecule has 2 aliphatic heterocycles. The third-order valence-corrected chi connectivity index (χ3v) is 6.66. The van der Waals surface area contributed by atoms with Gasteiger partial charge in [-0.25, -0.2) is 4.68 Å². The number of fused-ring (bicyclic) bond motifs is 1. The summed E-state index contributed by atoms with van der Waals surface area (Å²) in [5.41, 5.74) is 0.132. The number of hydrogen-bond donors (Lipinski definition) is 2. The van der Waals surface area contributed by atoms with Gasteiger partial charge in [0.1, 0.15) is 11.9 Å². The number of nitrogens with zero attached hydrogens (tertiary/aromatic N) is 3. The van der Waals surface area contributed by atoms with E-state index in [-0.39, 0.29) is 36.5 Å². The molecule has 11 heteroatoms. The van der Waals surface area contributed by atoms with E-state index in [0.29, 0.717) is 31.3 Å². The molecule has 1 unspecified atom stereocenters. The fourth-order valence-electron chi connectivity index (χ4n) is 4.93. The molecule has 1 saturated heterocycles. The van der Waals surface area contributed by atoms with E-state index in [0.717, 1.165) is 30.5 Å². The van der Waals surface area contributed by atoms with Crippen molar-refractivity contribution in [2.24, 2.45) is 0 Å². The molecule has 2 amide bonds. The summed E-state index contributed by atoms with van der Waals surface area (Å²) >= 11 is 0. The molecule has 2 aromatic rings. The van der Waals surface area contributed by atoms with Crippen LogP contribution in [0.15, 0.2) is 24.3 Å². The largest absolute Gasteiger partial charge is 0.416 e. The Morgan fingerprint density at radius 2 is 2.00 bits per heavy atom. The molecule has 1 aromatic heterocycles. The summed E-state index contributed by atoms with van der Waals surface area (Å²) in [6.07, 6.45) is -2.93. The third kappa shape index (κ3) is 4.92. The lowest BCUT2D eigenvalue weighted by atomic mass is 9.94. The van der Waals surface area contributed by atoms with Crippen LogP contribution in [0.4, 0.5) is 19.0 Å². The number of likely N-dealkylation sites (N-methyl/N-ethyl adjacent to an activating group) is 1. The van der Waals surface area contributed by atoms with E-state index in [1.807, 2.05) is 13.8 Å². The molecular weight excluding hydrogens is 465 g/mol. The number of anilines is 1. The second kappa shape index (κ2) is 9.98. The lowest BCUT2D eigenvalue weighted by molar-refractivity contribution is -0.137. The maximum Gasteiger partial charge on any atom is 0.416 e. The third-order valence-electron chi connectivity index (χ3n) is 6.66. The first-order chi connectivity index (χ1) is 16.7. The SMILES string of the molecule is CCN1C(=O)C(NC(=O)c2cccc(C(F)(F)F)c2)C[C@H](C)c2c(CO)nn(C3CCOCC3)c21. The zero-order chi connectivity index (χ0) is 25.3.